The first-order valence-corrected chi connectivity index (χ1v) is 6.77. The van der Waals surface area contributed by atoms with Gasteiger partial charge in [0.1, 0.15) is 0 Å². The summed E-state index contributed by atoms with van der Waals surface area (Å²) in [6.07, 6.45) is 6.63. The van der Waals surface area contributed by atoms with Crippen LogP contribution in [0.1, 0.15) is 31.2 Å². The van der Waals surface area contributed by atoms with E-state index in [-0.39, 0.29) is 0 Å². The molecule has 1 aliphatic rings. The third-order valence-corrected chi connectivity index (χ3v) is 3.96. The zero-order chi connectivity index (χ0) is 12.1. The number of nitrogens with one attached hydrogen (secondary N) is 1. The van der Waals surface area contributed by atoms with Gasteiger partial charge in [-0.1, -0.05) is 24.6 Å². The van der Waals surface area contributed by atoms with E-state index in [2.05, 4.69) is 41.5 Å². The molecule has 1 fully saturated rings. The molecule has 0 saturated carbocycles. The number of rotatable bonds is 4. The van der Waals surface area contributed by atoms with Crippen LogP contribution in [0.5, 0.6) is 0 Å². The number of piperidine rings is 1. The number of benzene rings is 1. The Kier molecular flexibility index (Phi) is 4.43. The summed E-state index contributed by atoms with van der Waals surface area (Å²) in [6, 6.07) is 9.44. The highest BCUT2D eigenvalue weighted by Crippen LogP contribution is 2.22. The lowest BCUT2D eigenvalue weighted by atomic mass is 9.96. The van der Waals surface area contributed by atoms with Crippen molar-refractivity contribution in [1.82, 2.24) is 4.90 Å². The van der Waals surface area contributed by atoms with Crippen LogP contribution in [0.15, 0.2) is 24.3 Å². The quantitative estimate of drug-likeness (QED) is 0.858. The van der Waals surface area contributed by atoms with Gasteiger partial charge in [0.15, 0.2) is 0 Å². The normalized spacial score (nSPS) is 21.4. The summed E-state index contributed by atoms with van der Waals surface area (Å²) in [5.74, 6) is 0. The molecular formula is C15H24N2. The van der Waals surface area contributed by atoms with Crippen molar-refractivity contribution in [3.8, 4) is 0 Å². The first kappa shape index (κ1) is 12.4. The number of para-hydroxylation sites is 1. The van der Waals surface area contributed by atoms with Gasteiger partial charge in [-0.15, -0.1) is 0 Å². The molecule has 1 saturated heterocycles. The van der Waals surface area contributed by atoms with Crippen LogP contribution in [0.25, 0.3) is 0 Å². The fourth-order valence-corrected chi connectivity index (χ4v) is 2.81. The van der Waals surface area contributed by atoms with Gasteiger partial charge < -0.3 is 10.2 Å². The van der Waals surface area contributed by atoms with E-state index in [4.69, 9.17) is 0 Å². The molecule has 0 spiro atoms. The van der Waals surface area contributed by atoms with Gasteiger partial charge in [0.2, 0.25) is 0 Å². The van der Waals surface area contributed by atoms with Gasteiger partial charge in [0.25, 0.3) is 0 Å². The topological polar surface area (TPSA) is 15.3 Å². The molecule has 2 nitrogen and oxygen atoms in total. The Labute approximate surface area is 105 Å². The molecule has 0 amide bonds. The third kappa shape index (κ3) is 3.22. The van der Waals surface area contributed by atoms with Crippen molar-refractivity contribution < 1.29 is 0 Å². The van der Waals surface area contributed by atoms with Crippen LogP contribution in [0.2, 0.25) is 0 Å². The lowest BCUT2D eigenvalue weighted by Crippen LogP contribution is -2.36. The largest absolute Gasteiger partial charge is 0.388 e. The summed E-state index contributed by atoms with van der Waals surface area (Å²) in [4.78, 5) is 2.53. The lowest BCUT2D eigenvalue weighted by Gasteiger charge is -2.32. The van der Waals surface area contributed by atoms with Crippen molar-refractivity contribution in [2.24, 2.45) is 0 Å². The molecule has 0 bridgehead atoms. The molecule has 94 valence electrons. The highest BCUT2D eigenvalue weighted by molar-refractivity contribution is 5.50. The van der Waals surface area contributed by atoms with Gasteiger partial charge in [0.05, 0.1) is 0 Å². The number of nitrogens with zero attached hydrogens (tertiary/aromatic N) is 1. The maximum Gasteiger partial charge on any atom is 0.0370 e. The van der Waals surface area contributed by atoms with E-state index in [1.807, 2.05) is 7.05 Å². The number of aryl methyl sites for hydroxylation is 1. The highest BCUT2D eigenvalue weighted by atomic mass is 15.1. The number of likely N-dealkylation sites (tertiary alicyclic amines) is 1. The molecule has 1 unspecified atom stereocenters. The molecule has 2 rings (SSSR count). The number of hydrogen-bond acceptors (Lipinski definition) is 2. The van der Waals surface area contributed by atoms with Crippen molar-refractivity contribution in [2.75, 3.05) is 26.0 Å². The molecule has 0 aromatic heterocycles. The fraction of sp³-hybridized carbons (Fsp3) is 0.600. The monoisotopic (exact) mass is 232 g/mol. The van der Waals surface area contributed by atoms with Gasteiger partial charge in [-0.3, -0.25) is 0 Å². The summed E-state index contributed by atoms with van der Waals surface area (Å²) in [7, 11) is 4.28. The molecule has 1 aliphatic heterocycles. The molecular weight excluding hydrogens is 208 g/mol. The second kappa shape index (κ2) is 6.06. The smallest absolute Gasteiger partial charge is 0.0370 e. The van der Waals surface area contributed by atoms with Crippen LogP contribution in [-0.4, -0.2) is 31.6 Å². The summed E-state index contributed by atoms with van der Waals surface area (Å²) < 4.78 is 0. The van der Waals surface area contributed by atoms with Gasteiger partial charge in [-0.2, -0.15) is 0 Å². The van der Waals surface area contributed by atoms with E-state index in [0.717, 1.165) is 6.04 Å². The Hall–Kier alpha value is -1.02. The van der Waals surface area contributed by atoms with Crippen LogP contribution in [-0.2, 0) is 6.42 Å². The summed E-state index contributed by atoms with van der Waals surface area (Å²) in [5.41, 5.74) is 2.74. The van der Waals surface area contributed by atoms with Crippen molar-refractivity contribution >= 4 is 5.69 Å². The van der Waals surface area contributed by atoms with Crippen LogP contribution in [0, 0.1) is 0 Å². The van der Waals surface area contributed by atoms with Gasteiger partial charge in [-0.25, -0.2) is 0 Å². The lowest BCUT2D eigenvalue weighted by molar-refractivity contribution is 0.176. The second-order valence-electron chi connectivity index (χ2n) is 5.08. The molecule has 1 atom stereocenters. The predicted octanol–water partition coefficient (Wildman–Crippen LogP) is 3.15. The molecule has 1 N–H and O–H groups in total. The number of hydrogen-bond donors (Lipinski definition) is 1. The molecule has 17 heavy (non-hydrogen) atoms. The minimum Gasteiger partial charge on any atom is -0.388 e. The van der Waals surface area contributed by atoms with Gasteiger partial charge in [0, 0.05) is 18.8 Å². The average Bonchev–Trinajstić information content (AvgIpc) is 2.38. The Bertz CT molecular complexity index is 349. The van der Waals surface area contributed by atoms with Crippen molar-refractivity contribution in [2.45, 2.75) is 38.1 Å². The Balaban J connectivity index is 1.92. The van der Waals surface area contributed by atoms with Gasteiger partial charge in [-0.05, 0) is 50.9 Å². The molecule has 2 heteroatoms. The molecule has 1 heterocycles. The highest BCUT2D eigenvalue weighted by Gasteiger charge is 2.18. The standard InChI is InChI=1S/C15H24N2/c1-16-15-9-4-3-7-13(15)10-11-14-8-5-6-12-17(14)2/h3-4,7,9,14,16H,5-6,8,10-12H2,1-2H3. The van der Waals surface area contributed by atoms with Crippen LogP contribution < -0.4 is 5.32 Å². The average molecular weight is 232 g/mol. The van der Waals surface area contributed by atoms with Crippen LogP contribution in [0.4, 0.5) is 5.69 Å². The zero-order valence-electron chi connectivity index (χ0n) is 11.1. The van der Waals surface area contributed by atoms with E-state index < -0.39 is 0 Å². The zero-order valence-corrected chi connectivity index (χ0v) is 11.1. The molecule has 0 radical (unpaired) electrons. The summed E-state index contributed by atoms with van der Waals surface area (Å²) >= 11 is 0. The minimum atomic E-state index is 0.786. The fourth-order valence-electron chi connectivity index (χ4n) is 2.81. The molecule has 0 aliphatic carbocycles. The van der Waals surface area contributed by atoms with E-state index in [0.29, 0.717) is 0 Å². The van der Waals surface area contributed by atoms with E-state index >= 15 is 0 Å². The minimum absolute atomic E-state index is 0.786. The predicted molar refractivity (Wildman–Crippen MR) is 74.6 cm³/mol. The maximum atomic E-state index is 3.28. The first-order chi connectivity index (χ1) is 8.31. The Morgan fingerprint density at radius 3 is 2.88 bits per heavy atom. The van der Waals surface area contributed by atoms with E-state index in [9.17, 15) is 0 Å². The maximum absolute atomic E-state index is 3.28. The summed E-state index contributed by atoms with van der Waals surface area (Å²) in [5, 5.41) is 3.28. The SMILES string of the molecule is CNc1ccccc1CCC1CCCCN1C. The Morgan fingerprint density at radius 2 is 2.12 bits per heavy atom. The van der Waals surface area contributed by atoms with Crippen LogP contribution in [0.3, 0.4) is 0 Å². The molecule has 1 aromatic carbocycles. The van der Waals surface area contributed by atoms with Gasteiger partial charge >= 0.3 is 0 Å². The number of anilines is 1. The van der Waals surface area contributed by atoms with Crippen molar-refractivity contribution in [3.05, 3.63) is 29.8 Å². The van der Waals surface area contributed by atoms with E-state index in [1.165, 1.54) is 49.9 Å². The molecule has 1 aromatic rings. The third-order valence-electron chi connectivity index (χ3n) is 3.96. The van der Waals surface area contributed by atoms with Crippen molar-refractivity contribution in [1.29, 1.82) is 0 Å². The van der Waals surface area contributed by atoms with Crippen molar-refractivity contribution in [3.63, 3.8) is 0 Å². The van der Waals surface area contributed by atoms with Crippen LogP contribution >= 0.6 is 0 Å². The first-order valence-electron chi connectivity index (χ1n) is 6.77. The van der Waals surface area contributed by atoms with E-state index in [1.54, 1.807) is 0 Å². The Morgan fingerprint density at radius 1 is 1.29 bits per heavy atom. The summed E-state index contributed by atoms with van der Waals surface area (Å²) in [6.45, 7) is 1.28. The second-order valence-corrected chi connectivity index (χ2v) is 5.08.